The van der Waals surface area contributed by atoms with E-state index in [2.05, 4.69) is 15.3 Å². The van der Waals surface area contributed by atoms with Crippen LogP contribution in [0.1, 0.15) is 42.5 Å². The van der Waals surface area contributed by atoms with Crippen molar-refractivity contribution in [3.8, 4) is 0 Å². The fourth-order valence-electron chi connectivity index (χ4n) is 2.15. The third kappa shape index (κ3) is 3.23. The van der Waals surface area contributed by atoms with E-state index in [9.17, 15) is 4.79 Å². The number of nitrogens with one attached hydrogen (secondary N) is 1. The van der Waals surface area contributed by atoms with Crippen molar-refractivity contribution in [2.75, 3.05) is 6.54 Å². The van der Waals surface area contributed by atoms with E-state index in [-0.39, 0.29) is 5.91 Å². The molecule has 0 unspecified atom stereocenters. The Morgan fingerprint density at radius 3 is 3.06 bits per heavy atom. The molecule has 1 saturated heterocycles. The maximum Gasteiger partial charge on any atom is 0.217 e. The summed E-state index contributed by atoms with van der Waals surface area (Å²) in [5, 5.41) is 3.41. The zero-order valence-electron chi connectivity index (χ0n) is 10.1. The topological polar surface area (TPSA) is 80.9 Å². The third-order valence-electron chi connectivity index (χ3n) is 2.96. The van der Waals surface area contributed by atoms with Gasteiger partial charge in [0.05, 0.1) is 5.69 Å². The van der Waals surface area contributed by atoms with Crippen LogP contribution in [0.25, 0.3) is 0 Å². The predicted octanol–water partition coefficient (Wildman–Crippen LogP) is 0.627. The predicted molar refractivity (Wildman–Crippen MR) is 64.3 cm³/mol. The van der Waals surface area contributed by atoms with Crippen LogP contribution in [-0.4, -0.2) is 22.4 Å². The first-order valence-corrected chi connectivity index (χ1v) is 6.01. The first kappa shape index (κ1) is 12.0. The van der Waals surface area contributed by atoms with Gasteiger partial charge in [-0.15, -0.1) is 0 Å². The van der Waals surface area contributed by atoms with E-state index in [1.165, 1.54) is 6.42 Å². The largest absolute Gasteiger partial charge is 0.370 e. The van der Waals surface area contributed by atoms with Crippen LogP contribution >= 0.6 is 0 Å². The number of primary amides is 1. The fraction of sp³-hybridized carbons (Fsp3) is 0.583. The van der Waals surface area contributed by atoms with Crippen LogP contribution < -0.4 is 11.1 Å². The average Bonchev–Trinajstić information content (AvgIpc) is 2.79. The number of hydrogen-bond acceptors (Lipinski definition) is 4. The number of nitrogens with two attached hydrogens (primary N) is 1. The maximum absolute atomic E-state index is 10.8. The molecule has 3 N–H and O–H groups in total. The molecule has 0 aliphatic carbocycles. The molecule has 2 rings (SSSR count). The van der Waals surface area contributed by atoms with Gasteiger partial charge in [0.1, 0.15) is 5.82 Å². The lowest BCUT2D eigenvalue weighted by molar-refractivity contribution is -0.118. The molecule has 1 aliphatic rings. The standard InChI is InChI=1S/C12H18N4O/c1-8-15-9(4-5-12(13)17)7-11(16-8)10-3-2-6-14-10/h7,10,14H,2-6H2,1H3,(H2,13,17)/t10-/m0/s1. The highest BCUT2D eigenvalue weighted by Crippen LogP contribution is 2.21. The number of aromatic nitrogens is 2. The molecular weight excluding hydrogens is 216 g/mol. The summed E-state index contributed by atoms with van der Waals surface area (Å²) in [6, 6.07) is 2.32. The second kappa shape index (κ2) is 5.23. The van der Waals surface area contributed by atoms with Crippen molar-refractivity contribution in [3.63, 3.8) is 0 Å². The zero-order chi connectivity index (χ0) is 12.3. The molecule has 1 aromatic rings. The Kier molecular flexibility index (Phi) is 3.68. The van der Waals surface area contributed by atoms with Gasteiger partial charge >= 0.3 is 0 Å². The summed E-state index contributed by atoms with van der Waals surface area (Å²) in [6.07, 6.45) is 3.24. The van der Waals surface area contributed by atoms with Gasteiger partial charge in [0, 0.05) is 18.2 Å². The van der Waals surface area contributed by atoms with Crippen molar-refractivity contribution in [1.82, 2.24) is 15.3 Å². The zero-order valence-corrected chi connectivity index (χ0v) is 10.1. The summed E-state index contributed by atoms with van der Waals surface area (Å²) in [4.78, 5) is 19.5. The summed E-state index contributed by atoms with van der Waals surface area (Å²) in [5.74, 6) is 0.470. The summed E-state index contributed by atoms with van der Waals surface area (Å²) >= 11 is 0. The molecule has 0 aromatic carbocycles. The normalized spacial score (nSPS) is 19.5. The van der Waals surface area contributed by atoms with E-state index < -0.39 is 0 Å². The SMILES string of the molecule is Cc1nc(CCC(N)=O)cc([C@@H]2CCCN2)n1. The molecule has 1 fully saturated rings. The second-order valence-corrected chi connectivity index (χ2v) is 4.45. The van der Waals surface area contributed by atoms with Gasteiger partial charge in [-0.3, -0.25) is 4.79 Å². The van der Waals surface area contributed by atoms with Crippen LogP contribution in [0.4, 0.5) is 0 Å². The summed E-state index contributed by atoms with van der Waals surface area (Å²) in [7, 11) is 0. The van der Waals surface area contributed by atoms with Gasteiger partial charge < -0.3 is 11.1 Å². The molecule has 17 heavy (non-hydrogen) atoms. The van der Waals surface area contributed by atoms with Crippen LogP contribution in [0.2, 0.25) is 0 Å². The molecule has 1 aliphatic heterocycles. The Hall–Kier alpha value is -1.49. The average molecular weight is 234 g/mol. The molecule has 1 amide bonds. The fourth-order valence-corrected chi connectivity index (χ4v) is 2.15. The van der Waals surface area contributed by atoms with Gasteiger partial charge in [-0.2, -0.15) is 0 Å². The number of hydrogen-bond donors (Lipinski definition) is 2. The van der Waals surface area contributed by atoms with Crippen LogP contribution in [0, 0.1) is 6.92 Å². The molecule has 0 bridgehead atoms. The number of aryl methyl sites for hydroxylation is 2. The first-order chi connectivity index (χ1) is 8.15. The maximum atomic E-state index is 10.8. The third-order valence-corrected chi connectivity index (χ3v) is 2.96. The van der Waals surface area contributed by atoms with Crippen LogP contribution in [0.3, 0.4) is 0 Å². The minimum atomic E-state index is -0.290. The lowest BCUT2D eigenvalue weighted by Crippen LogP contribution is -2.16. The summed E-state index contributed by atoms with van der Waals surface area (Å²) < 4.78 is 0. The number of amides is 1. The molecule has 1 atom stereocenters. The molecule has 0 radical (unpaired) electrons. The first-order valence-electron chi connectivity index (χ1n) is 6.01. The molecule has 2 heterocycles. The van der Waals surface area contributed by atoms with E-state index in [4.69, 9.17) is 5.73 Å². The highest BCUT2D eigenvalue weighted by atomic mass is 16.1. The number of rotatable bonds is 4. The Morgan fingerprint density at radius 1 is 1.59 bits per heavy atom. The van der Waals surface area contributed by atoms with Gasteiger partial charge in [-0.1, -0.05) is 0 Å². The quantitative estimate of drug-likeness (QED) is 0.800. The number of carbonyl (C=O) groups is 1. The van der Waals surface area contributed by atoms with Crippen molar-refractivity contribution in [2.24, 2.45) is 5.73 Å². The van der Waals surface area contributed by atoms with Gasteiger partial charge in [0.15, 0.2) is 0 Å². The van der Waals surface area contributed by atoms with Crippen molar-refractivity contribution in [2.45, 2.75) is 38.6 Å². The number of carbonyl (C=O) groups excluding carboxylic acids is 1. The monoisotopic (exact) mass is 234 g/mol. The molecule has 5 heteroatoms. The van der Waals surface area contributed by atoms with Crippen molar-refractivity contribution in [1.29, 1.82) is 0 Å². The highest BCUT2D eigenvalue weighted by molar-refractivity contribution is 5.73. The van der Waals surface area contributed by atoms with Crippen LogP contribution in [0.15, 0.2) is 6.07 Å². The Morgan fingerprint density at radius 2 is 2.41 bits per heavy atom. The van der Waals surface area contributed by atoms with Crippen molar-refractivity contribution >= 4 is 5.91 Å². The van der Waals surface area contributed by atoms with E-state index in [0.717, 1.165) is 30.2 Å². The Labute approximate surface area is 101 Å². The Bertz CT molecular complexity index is 413. The smallest absolute Gasteiger partial charge is 0.217 e. The lowest BCUT2D eigenvalue weighted by Gasteiger charge is -2.11. The summed E-state index contributed by atoms with van der Waals surface area (Å²) in [5.41, 5.74) is 7.08. The molecular formula is C12H18N4O. The van der Waals surface area contributed by atoms with Gasteiger partial charge in [0.25, 0.3) is 0 Å². The molecule has 1 aromatic heterocycles. The minimum Gasteiger partial charge on any atom is -0.370 e. The van der Waals surface area contributed by atoms with Gasteiger partial charge in [0.2, 0.25) is 5.91 Å². The molecule has 0 spiro atoms. The highest BCUT2D eigenvalue weighted by Gasteiger charge is 2.18. The van der Waals surface area contributed by atoms with E-state index in [0.29, 0.717) is 18.9 Å². The molecule has 92 valence electrons. The number of nitrogens with zero attached hydrogens (tertiary/aromatic N) is 2. The summed E-state index contributed by atoms with van der Waals surface area (Å²) in [6.45, 7) is 2.93. The van der Waals surface area contributed by atoms with Crippen molar-refractivity contribution < 1.29 is 4.79 Å². The van der Waals surface area contributed by atoms with Crippen LogP contribution in [0.5, 0.6) is 0 Å². The van der Waals surface area contributed by atoms with E-state index in [1.807, 2.05) is 13.0 Å². The van der Waals surface area contributed by atoms with Gasteiger partial charge in [-0.25, -0.2) is 9.97 Å². The Balaban J connectivity index is 2.13. The van der Waals surface area contributed by atoms with E-state index in [1.54, 1.807) is 0 Å². The second-order valence-electron chi connectivity index (χ2n) is 4.45. The van der Waals surface area contributed by atoms with Crippen LogP contribution in [-0.2, 0) is 11.2 Å². The lowest BCUT2D eigenvalue weighted by atomic mass is 10.1. The molecule has 5 nitrogen and oxygen atoms in total. The van der Waals surface area contributed by atoms with E-state index >= 15 is 0 Å². The minimum absolute atomic E-state index is 0.290. The van der Waals surface area contributed by atoms with Gasteiger partial charge in [-0.05, 0) is 38.8 Å². The van der Waals surface area contributed by atoms with Crippen molar-refractivity contribution in [3.05, 3.63) is 23.3 Å². The molecule has 0 saturated carbocycles.